The lowest BCUT2D eigenvalue weighted by Crippen LogP contribution is -2.18. The molecule has 18 heavy (non-hydrogen) atoms. The van der Waals surface area contributed by atoms with Crippen molar-refractivity contribution in [3.05, 3.63) is 64.1 Å². The first-order valence-corrected chi connectivity index (χ1v) is 6.72. The van der Waals surface area contributed by atoms with E-state index in [0.29, 0.717) is 6.42 Å². The quantitative estimate of drug-likeness (QED) is 0.862. The Balaban J connectivity index is 1.92. The predicted octanol–water partition coefficient (Wildman–Crippen LogP) is 4.01. The fourth-order valence-corrected chi connectivity index (χ4v) is 2.54. The van der Waals surface area contributed by atoms with E-state index in [4.69, 9.17) is 4.74 Å². The second-order valence-electron chi connectivity index (χ2n) is 4.45. The van der Waals surface area contributed by atoms with Gasteiger partial charge in [-0.3, -0.25) is 0 Å². The number of ether oxygens (including phenoxy) is 1. The van der Waals surface area contributed by atoms with Crippen LogP contribution in [0, 0.1) is 0 Å². The second-order valence-corrected chi connectivity index (χ2v) is 5.36. The number of rotatable bonds is 1. The molecule has 0 bridgehead atoms. The molecule has 3 rings (SSSR count). The highest BCUT2D eigenvalue weighted by molar-refractivity contribution is 9.10. The average Bonchev–Trinajstić information content (AvgIpc) is 2.39. The summed E-state index contributed by atoms with van der Waals surface area (Å²) in [7, 11) is 0. The Morgan fingerprint density at radius 1 is 1.06 bits per heavy atom. The number of aliphatic hydroxyl groups excluding tert-OH is 1. The largest absolute Gasteiger partial charge is 0.485 e. The van der Waals surface area contributed by atoms with Gasteiger partial charge in [-0.25, -0.2) is 0 Å². The number of hydrogen-bond acceptors (Lipinski definition) is 2. The van der Waals surface area contributed by atoms with E-state index in [0.717, 1.165) is 21.3 Å². The van der Waals surface area contributed by atoms with E-state index in [2.05, 4.69) is 15.9 Å². The Morgan fingerprint density at radius 3 is 2.56 bits per heavy atom. The summed E-state index contributed by atoms with van der Waals surface area (Å²) in [4.78, 5) is 0. The van der Waals surface area contributed by atoms with Crippen molar-refractivity contribution >= 4 is 15.9 Å². The highest BCUT2D eigenvalue weighted by atomic mass is 79.9. The highest BCUT2D eigenvalue weighted by Gasteiger charge is 2.27. The van der Waals surface area contributed by atoms with Gasteiger partial charge in [-0.05, 0) is 23.8 Å². The van der Waals surface area contributed by atoms with Crippen LogP contribution in [-0.2, 0) is 0 Å². The Labute approximate surface area is 114 Å². The first-order valence-electron chi connectivity index (χ1n) is 5.93. The van der Waals surface area contributed by atoms with Crippen molar-refractivity contribution in [2.75, 3.05) is 0 Å². The molecule has 0 saturated heterocycles. The Hall–Kier alpha value is -1.32. The van der Waals surface area contributed by atoms with E-state index < -0.39 is 6.10 Å². The number of aliphatic hydroxyl groups is 1. The minimum Gasteiger partial charge on any atom is -0.485 e. The van der Waals surface area contributed by atoms with Crippen LogP contribution in [0.2, 0.25) is 0 Å². The van der Waals surface area contributed by atoms with Crippen LogP contribution in [0.15, 0.2) is 53.0 Å². The second kappa shape index (κ2) is 4.75. The highest BCUT2D eigenvalue weighted by Crippen LogP contribution is 2.40. The summed E-state index contributed by atoms with van der Waals surface area (Å²) in [5.41, 5.74) is 1.97. The van der Waals surface area contributed by atoms with Crippen LogP contribution in [0.3, 0.4) is 0 Å². The normalized spacial score (nSPS) is 22.1. The van der Waals surface area contributed by atoms with Crippen molar-refractivity contribution in [2.45, 2.75) is 18.6 Å². The van der Waals surface area contributed by atoms with Gasteiger partial charge in [0.05, 0.1) is 6.10 Å². The molecule has 0 spiro atoms. The summed E-state index contributed by atoms with van der Waals surface area (Å²) in [5, 5.41) is 10.2. The maximum atomic E-state index is 10.2. The van der Waals surface area contributed by atoms with Crippen LogP contribution in [0.25, 0.3) is 0 Å². The van der Waals surface area contributed by atoms with E-state index >= 15 is 0 Å². The van der Waals surface area contributed by atoms with Gasteiger partial charge in [0.15, 0.2) is 0 Å². The van der Waals surface area contributed by atoms with Crippen LogP contribution in [0.4, 0.5) is 0 Å². The molecule has 3 heteroatoms. The monoisotopic (exact) mass is 304 g/mol. The fraction of sp³-hybridized carbons (Fsp3) is 0.200. The molecule has 1 aliphatic heterocycles. The van der Waals surface area contributed by atoms with Gasteiger partial charge in [0.1, 0.15) is 11.9 Å². The van der Waals surface area contributed by atoms with Gasteiger partial charge in [-0.15, -0.1) is 0 Å². The van der Waals surface area contributed by atoms with Gasteiger partial charge < -0.3 is 9.84 Å². The standard InChI is InChI=1S/C15H13BrO2/c16-11-7-5-10(6-8-11)15-9-13(17)12-3-1-2-4-14(12)18-15/h1-8,13,15,17H,9H2/t13-,15?/m1/s1. The van der Waals surface area contributed by atoms with Crippen molar-refractivity contribution in [3.8, 4) is 5.75 Å². The van der Waals surface area contributed by atoms with Crippen molar-refractivity contribution in [3.63, 3.8) is 0 Å². The van der Waals surface area contributed by atoms with E-state index in [1.54, 1.807) is 0 Å². The Bertz CT molecular complexity index is 551. The number of para-hydroxylation sites is 1. The van der Waals surface area contributed by atoms with Gasteiger partial charge >= 0.3 is 0 Å². The van der Waals surface area contributed by atoms with Crippen LogP contribution < -0.4 is 4.74 Å². The zero-order valence-corrected chi connectivity index (χ0v) is 11.3. The molecule has 1 heterocycles. The number of hydrogen-bond donors (Lipinski definition) is 1. The first-order chi connectivity index (χ1) is 8.74. The van der Waals surface area contributed by atoms with Crippen molar-refractivity contribution < 1.29 is 9.84 Å². The molecule has 0 aromatic heterocycles. The van der Waals surface area contributed by atoms with Gasteiger partial charge in [0.2, 0.25) is 0 Å². The summed E-state index contributed by atoms with van der Waals surface area (Å²) in [6, 6.07) is 15.7. The number of fused-ring (bicyclic) bond motifs is 1. The molecule has 0 radical (unpaired) electrons. The third kappa shape index (κ3) is 2.16. The van der Waals surface area contributed by atoms with Gasteiger partial charge in [-0.2, -0.15) is 0 Å². The SMILES string of the molecule is O[C@@H]1CC(c2ccc(Br)cc2)Oc2ccccc21. The van der Waals surface area contributed by atoms with Gasteiger partial charge in [0.25, 0.3) is 0 Å². The minimum atomic E-state index is -0.455. The fourth-order valence-electron chi connectivity index (χ4n) is 2.28. The molecule has 0 aliphatic carbocycles. The smallest absolute Gasteiger partial charge is 0.127 e. The molecular formula is C15H13BrO2. The van der Waals surface area contributed by atoms with Crippen LogP contribution in [0.1, 0.15) is 29.8 Å². The number of halogens is 1. The van der Waals surface area contributed by atoms with E-state index in [-0.39, 0.29) is 6.10 Å². The molecule has 92 valence electrons. The molecule has 1 unspecified atom stereocenters. The van der Waals surface area contributed by atoms with Crippen LogP contribution in [0.5, 0.6) is 5.75 Å². The maximum Gasteiger partial charge on any atom is 0.127 e. The van der Waals surface area contributed by atoms with Crippen molar-refractivity contribution in [1.82, 2.24) is 0 Å². The minimum absolute atomic E-state index is 0.0806. The number of benzene rings is 2. The van der Waals surface area contributed by atoms with E-state index in [1.807, 2.05) is 48.5 Å². The lowest BCUT2D eigenvalue weighted by atomic mass is 9.95. The van der Waals surface area contributed by atoms with Crippen LogP contribution >= 0.6 is 15.9 Å². The molecule has 2 atom stereocenters. The zero-order valence-electron chi connectivity index (χ0n) is 9.71. The first kappa shape index (κ1) is 11.8. The third-order valence-corrected chi connectivity index (χ3v) is 3.76. The zero-order chi connectivity index (χ0) is 12.5. The molecule has 0 amide bonds. The molecule has 0 saturated carbocycles. The molecule has 1 aliphatic rings. The topological polar surface area (TPSA) is 29.5 Å². The molecular weight excluding hydrogens is 292 g/mol. The average molecular weight is 305 g/mol. The van der Waals surface area contributed by atoms with Crippen molar-refractivity contribution in [1.29, 1.82) is 0 Å². The van der Waals surface area contributed by atoms with Gasteiger partial charge in [-0.1, -0.05) is 46.3 Å². The summed E-state index contributed by atoms with van der Waals surface area (Å²) < 4.78 is 7.00. The lowest BCUT2D eigenvalue weighted by molar-refractivity contribution is 0.0657. The van der Waals surface area contributed by atoms with E-state index in [1.165, 1.54) is 0 Å². The lowest BCUT2D eigenvalue weighted by Gasteiger charge is -2.29. The molecule has 2 nitrogen and oxygen atoms in total. The summed E-state index contributed by atoms with van der Waals surface area (Å²) >= 11 is 3.42. The molecule has 2 aromatic carbocycles. The Kier molecular flexibility index (Phi) is 3.10. The molecule has 2 aromatic rings. The summed E-state index contributed by atoms with van der Waals surface area (Å²) in [6.45, 7) is 0. The Morgan fingerprint density at radius 2 is 1.78 bits per heavy atom. The van der Waals surface area contributed by atoms with Crippen LogP contribution in [-0.4, -0.2) is 5.11 Å². The van der Waals surface area contributed by atoms with Crippen molar-refractivity contribution in [2.24, 2.45) is 0 Å². The third-order valence-electron chi connectivity index (χ3n) is 3.23. The van der Waals surface area contributed by atoms with Gasteiger partial charge in [0, 0.05) is 16.5 Å². The molecule has 1 N–H and O–H groups in total. The summed E-state index contributed by atoms with van der Waals surface area (Å²) in [6.07, 6.45) is 0.0603. The molecule has 0 fully saturated rings. The summed E-state index contributed by atoms with van der Waals surface area (Å²) in [5.74, 6) is 0.782. The van der Waals surface area contributed by atoms with E-state index in [9.17, 15) is 5.11 Å². The predicted molar refractivity (Wildman–Crippen MR) is 73.5 cm³/mol. The maximum absolute atomic E-state index is 10.2.